The first-order valence-electron chi connectivity index (χ1n) is 7.77. The summed E-state index contributed by atoms with van der Waals surface area (Å²) >= 11 is 5.85. The smallest absolute Gasteiger partial charge is 0.126 e. The van der Waals surface area contributed by atoms with Gasteiger partial charge in [0.25, 0.3) is 0 Å². The van der Waals surface area contributed by atoms with Gasteiger partial charge in [-0.1, -0.05) is 35.9 Å². The highest BCUT2D eigenvalue weighted by atomic mass is 35.5. The predicted octanol–water partition coefficient (Wildman–Crippen LogP) is 4.66. The van der Waals surface area contributed by atoms with Crippen molar-refractivity contribution in [3.63, 3.8) is 0 Å². The highest BCUT2D eigenvalue weighted by Crippen LogP contribution is 2.32. The first-order chi connectivity index (χ1) is 12.4. The molecule has 134 valence electrons. The van der Waals surface area contributed by atoms with Gasteiger partial charge in [0.2, 0.25) is 0 Å². The normalized spacial score (nSPS) is 12.8. The molecule has 0 aromatic heterocycles. The van der Waals surface area contributed by atoms with E-state index in [0.29, 0.717) is 21.0 Å². The van der Waals surface area contributed by atoms with Crippen LogP contribution in [0.4, 0.5) is 8.78 Å². The van der Waals surface area contributed by atoms with Crippen LogP contribution in [0.5, 0.6) is 0 Å². The minimum absolute atomic E-state index is 0.175. The molecule has 1 N–H and O–H groups in total. The van der Waals surface area contributed by atoms with Gasteiger partial charge in [-0.15, -0.1) is 0 Å². The first-order valence-corrected chi connectivity index (χ1v) is 9.46. The number of hydrogen-bond acceptors (Lipinski definition) is 2. The van der Waals surface area contributed by atoms with E-state index in [2.05, 4.69) is 0 Å². The van der Waals surface area contributed by atoms with Crippen LogP contribution in [0.2, 0.25) is 5.02 Å². The lowest BCUT2D eigenvalue weighted by Crippen LogP contribution is -2.34. The molecule has 0 bridgehead atoms. The van der Waals surface area contributed by atoms with Gasteiger partial charge in [-0.2, -0.15) is 0 Å². The second-order valence-electron chi connectivity index (χ2n) is 5.82. The van der Waals surface area contributed by atoms with Crippen LogP contribution >= 0.6 is 11.6 Å². The average molecular weight is 393 g/mol. The molecule has 0 saturated heterocycles. The third-order valence-electron chi connectivity index (χ3n) is 4.06. The van der Waals surface area contributed by atoms with Gasteiger partial charge in [0, 0.05) is 9.92 Å². The third kappa shape index (κ3) is 4.01. The van der Waals surface area contributed by atoms with Crippen molar-refractivity contribution >= 4 is 22.4 Å². The Kier molecular flexibility index (Phi) is 5.51. The molecule has 3 aromatic carbocycles. The summed E-state index contributed by atoms with van der Waals surface area (Å²) in [5.41, 5.74) is -0.938. The molecule has 0 radical (unpaired) electrons. The fourth-order valence-corrected chi connectivity index (χ4v) is 4.09. The van der Waals surface area contributed by atoms with Crippen LogP contribution in [0, 0.1) is 11.6 Å². The van der Waals surface area contributed by atoms with Gasteiger partial charge in [-0.05, 0) is 59.7 Å². The van der Waals surface area contributed by atoms with E-state index in [0.717, 1.165) is 0 Å². The minimum Gasteiger partial charge on any atom is -0.379 e. The van der Waals surface area contributed by atoms with E-state index in [1.807, 2.05) is 0 Å². The summed E-state index contributed by atoms with van der Waals surface area (Å²) < 4.78 is 39.4. The monoisotopic (exact) mass is 392 g/mol. The molecular weight excluding hydrogens is 378 g/mol. The summed E-state index contributed by atoms with van der Waals surface area (Å²) in [5, 5.41) is 11.9. The molecule has 6 heteroatoms. The van der Waals surface area contributed by atoms with E-state index >= 15 is 0 Å². The molecule has 2 nitrogen and oxygen atoms in total. The minimum atomic E-state index is -1.67. The van der Waals surface area contributed by atoms with Crippen molar-refractivity contribution in [1.82, 2.24) is 0 Å². The highest BCUT2D eigenvalue weighted by Gasteiger charge is 2.34. The van der Waals surface area contributed by atoms with Crippen molar-refractivity contribution in [3.05, 3.63) is 101 Å². The van der Waals surface area contributed by atoms with Gasteiger partial charge < -0.3 is 5.11 Å². The van der Waals surface area contributed by atoms with E-state index < -0.39 is 28.0 Å². The molecule has 0 aliphatic carbocycles. The fraction of sp³-hybridized carbons (Fsp3) is 0.100. The van der Waals surface area contributed by atoms with Crippen LogP contribution in [0.3, 0.4) is 0 Å². The van der Waals surface area contributed by atoms with E-state index in [4.69, 9.17) is 11.6 Å². The van der Waals surface area contributed by atoms with Crippen LogP contribution in [0.1, 0.15) is 11.1 Å². The van der Waals surface area contributed by atoms with Crippen molar-refractivity contribution in [3.8, 4) is 0 Å². The van der Waals surface area contributed by atoms with Crippen LogP contribution in [-0.2, 0) is 16.4 Å². The zero-order valence-corrected chi connectivity index (χ0v) is 15.1. The quantitative estimate of drug-likeness (QED) is 0.685. The van der Waals surface area contributed by atoms with Crippen LogP contribution in [0.25, 0.3) is 0 Å². The molecule has 0 heterocycles. The van der Waals surface area contributed by atoms with E-state index in [-0.39, 0.29) is 5.75 Å². The Bertz CT molecular complexity index is 865. The van der Waals surface area contributed by atoms with Gasteiger partial charge in [0.15, 0.2) is 0 Å². The molecule has 0 saturated carbocycles. The Morgan fingerprint density at radius 1 is 0.808 bits per heavy atom. The molecule has 0 aliphatic heterocycles. The van der Waals surface area contributed by atoms with Crippen molar-refractivity contribution < 1.29 is 18.1 Å². The topological polar surface area (TPSA) is 37.3 Å². The fourth-order valence-electron chi connectivity index (χ4n) is 2.64. The largest absolute Gasteiger partial charge is 0.379 e. The molecule has 26 heavy (non-hydrogen) atoms. The van der Waals surface area contributed by atoms with Crippen molar-refractivity contribution in [2.45, 2.75) is 10.5 Å². The number of rotatable bonds is 5. The zero-order valence-electron chi connectivity index (χ0n) is 13.5. The summed E-state index contributed by atoms with van der Waals surface area (Å²) in [7, 11) is -1.57. The van der Waals surface area contributed by atoms with E-state index in [1.54, 1.807) is 24.3 Å². The summed E-state index contributed by atoms with van der Waals surface area (Å²) in [6.45, 7) is 0. The average Bonchev–Trinajstić information content (AvgIpc) is 2.63. The lowest BCUT2D eigenvalue weighted by atomic mass is 9.88. The molecule has 0 spiro atoms. The molecule has 3 aromatic rings. The second-order valence-corrected chi connectivity index (χ2v) is 7.71. The number of aliphatic hydroxyl groups is 1. The van der Waals surface area contributed by atoms with Crippen LogP contribution in [0.15, 0.2) is 77.7 Å². The Morgan fingerprint density at radius 2 is 1.23 bits per heavy atom. The van der Waals surface area contributed by atoms with Crippen molar-refractivity contribution in [1.29, 1.82) is 0 Å². The summed E-state index contributed by atoms with van der Waals surface area (Å²) in [6.07, 6.45) is 0. The predicted molar refractivity (Wildman–Crippen MR) is 98.5 cm³/mol. The highest BCUT2D eigenvalue weighted by molar-refractivity contribution is 7.85. The molecule has 0 aliphatic rings. The third-order valence-corrected chi connectivity index (χ3v) is 5.79. The lowest BCUT2D eigenvalue weighted by Gasteiger charge is -2.29. The van der Waals surface area contributed by atoms with Crippen molar-refractivity contribution in [2.24, 2.45) is 0 Å². The van der Waals surface area contributed by atoms with E-state index in [9.17, 15) is 18.1 Å². The Balaban J connectivity index is 2.02. The summed E-state index contributed by atoms with van der Waals surface area (Å²) in [4.78, 5) is 0.497. The Labute approximate surface area is 157 Å². The Hall–Kier alpha value is -2.08. The summed E-state index contributed by atoms with van der Waals surface area (Å²) in [5.74, 6) is -1.07. The standard InChI is InChI=1S/C20H15ClF2O2S/c21-16-5-11-19(12-6-16)26(25)13-20(24,14-1-7-17(22)8-2-14)15-3-9-18(23)10-4-15/h1-12,24H,13H2/t26-/m1/s1. The van der Waals surface area contributed by atoms with Crippen molar-refractivity contribution in [2.75, 3.05) is 5.75 Å². The maximum Gasteiger partial charge on any atom is 0.126 e. The number of hydrogen-bond donors (Lipinski definition) is 1. The van der Waals surface area contributed by atoms with Gasteiger partial charge in [0.05, 0.1) is 16.6 Å². The van der Waals surface area contributed by atoms with Crippen LogP contribution < -0.4 is 0 Å². The second kappa shape index (κ2) is 7.66. The van der Waals surface area contributed by atoms with Gasteiger partial charge in [-0.3, -0.25) is 4.21 Å². The first kappa shape index (κ1) is 18.7. The maximum absolute atomic E-state index is 13.3. The number of halogens is 3. The molecule has 3 rings (SSSR count). The lowest BCUT2D eigenvalue weighted by molar-refractivity contribution is 0.106. The Morgan fingerprint density at radius 3 is 1.65 bits per heavy atom. The van der Waals surface area contributed by atoms with Gasteiger partial charge >= 0.3 is 0 Å². The van der Waals surface area contributed by atoms with Gasteiger partial charge in [-0.25, -0.2) is 8.78 Å². The maximum atomic E-state index is 13.3. The number of benzene rings is 3. The van der Waals surface area contributed by atoms with Crippen LogP contribution in [-0.4, -0.2) is 15.1 Å². The molecule has 0 amide bonds. The SMILES string of the molecule is O=[S@](CC(O)(c1ccc(F)cc1)c1ccc(F)cc1)c1ccc(Cl)cc1. The molecule has 1 atom stereocenters. The molecular formula is C20H15ClF2O2S. The molecule has 0 fully saturated rings. The molecule has 0 unspecified atom stereocenters. The van der Waals surface area contributed by atoms with Gasteiger partial charge in [0.1, 0.15) is 17.2 Å². The zero-order chi connectivity index (χ0) is 18.7. The van der Waals surface area contributed by atoms with E-state index in [1.165, 1.54) is 48.5 Å². The summed E-state index contributed by atoms with van der Waals surface area (Å²) in [6, 6.07) is 17.1.